The molecule has 0 aliphatic carbocycles. The normalized spacial score (nSPS) is 31.0. The highest BCUT2D eigenvalue weighted by atomic mass is 16.6. The van der Waals surface area contributed by atoms with Crippen LogP contribution in [0.15, 0.2) is 12.1 Å². The van der Waals surface area contributed by atoms with Crippen molar-refractivity contribution in [2.75, 3.05) is 45.4 Å². The van der Waals surface area contributed by atoms with E-state index in [2.05, 4.69) is 0 Å². The van der Waals surface area contributed by atoms with Crippen LogP contribution in [0.2, 0.25) is 0 Å². The maximum atomic E-state index is 9.78. The Bertz CT molecular complexity index is 581. The summed E-state index contributed by atoms with van der Waals surface area (Å²) in [5, 5.41) is 9.78. The molecule has 0 amide bonds. The lowest BCUT2D eigenvalue weighted by Crippen LogP contribution is -2.06. The summed E-state index contributed by atoms with van der Waals surface area (Å²) in [6.07, 6.45) is 2.88. The average Bonchev–Trinajstić information content (AvgIpc) is 3.46. The van der Waals surface area contributed by atoms with Gasteiger partial charge in [-0.3, -0.25) is 0 Å². The predicted octanol–water partition coefficient (Wildman–Crippen LogP) is 0.658. The Labute approximate surface area is 146 Å². The van der Waals surface area contributed by atoms with Crippen LogP contribution in [0, 0.1) is 0 Å². The SMILES string of the molecule is C(OCC1CO1)C1CO1.Nc1c(CC2CO2)ccc(O)c1CC1CO1. The van der Waals surface area contributed by atoms with Gasteiger partial charge < -0.3 is 34.5 Å². The zero-order valence-electron chi connectivity index (χ0n) is 14.2. The second kappa shape index (κ2) is 7.47. The summed E-state index contributed by atoms with van der Waals surface area (Å²) in [4.78, 5) is 0. The monoisotopic (exact) mass is 351 g/mol. The van der Waals surface area contributed by atoms with Crippen molar-refractivity contribution in [3.8, 4) is 5.75 Å². The Morgan fingerprint density at radius 2 is 1.40 bits per heavy atom. The van der Waals surface area contributed by atoms with Crippen LogP contribution < -0.4 is 5.73 Å². The molecule has 0 radical (unpaired) electrons. The van der Waals surface area contributed by atoms with Gasteiger partial charge in [-0.05, 0) is 11.6 Å². The number of rotatable bonds is 8. The van der Waals surface area contributed by atoms with Crippen LogP contribution in [0.4, 0.5) is 5.69 Å². The van der Waals surface area contributed by atoms with Gasteiger partial charge in [-0.2, -0.15) is 0 Å². The van der Waals surface area contributed by atoms with Crippen LogP contribution in [0.5, 0.6) is 5.75 Å². The lowest BCUT2D eigenvalue weighted by molar-refractivity contribution is 0.102. The quantitative estimate of drug-likeness (QED) is 0.523. The van der Waals surface area contributed by atoms with E-state index in [0.717, 1.165) is 57.2 Å². The van der Waals surface area contributed by atoms with Gasteiger partial charge >= 0.3 is 0 Å². The Hall–Kier alpha value is -1.38. The van der Waals surface area contributed by atoms with Gasteiger partial charge in [0.25, 0.3) is 0 Å². The van der Waals surface area contributed by atoms with E-state index < -0.39 is 0 Å². The first-order valence-corrected chi connectivity index (χ1v) is 8.82. The third-order valence-corrected chi connectivity index (χ3v) is 4.52. The number of aromatic hydroxyl groups is 1. The average molecular weight is 351 g/mol. The number of anilines is 1. The highest BCUT2D eigenvalue weighted by Crippen LogP contribution is 2.32. The fourth-order valence-electron chi connectivity index (χ4n) is 2.60. The molecule has 25 heavy (non-hydrogen) atoms. The molecule has 4 aliphatic heterocycles. The topological polar surface area (TPSA) is 106 Å². The van der Waals surface area contributed by atoms with E-state index in [1.807, 2.05) is 6.07 Å². The summed E-state index contributed by atoms with van der Waals surface area (Å²) in [6, 6.07) is 3.59. The third-order valence-electron chi connectivity index (χ3n) is 4.52. The van der Waals surface area contributed by atoms with E-state index in [1.165, 1.54) is 0 Å². The standard InChI is InChI=1S/C12H15NO3.C6H10O3/c13-12-7(3-8-5-15-8)1-2-11(14)10(12)4-9-6-16-9;1(5-3-8-5)7-2-6-4-9-6/h1-2,8-9,14H,3-6,13H2;5-6H,1-4H2. The molecule has 138 valence electrons. The molecule has 0 saturated carbocycles. The molecule has 1 aromatic rings. The van der Waals surface area contributed by atoms with E-state index in [-0.39, 0.29) is 11.9 Å². The number of phenolic OH excluding ortho intramolecular Hbond substituents is 1. The summed E-state index contributed by atoms with van der Waals surface area (Å²) in [7, 11) is 0. The minimum atomic E-state index is 0.237. The van der Waals surface area contributed by atoms with Crippen molar-refractivity contribution in [2.45, 2.75) is 37.3 Å². The van der Waals surface area contributed by atoms with Gasteiger partial charge in [0, 0.05) is 24.1 Å². The van der Waals surface area contributed by atoms with Gasteiger partial charge in [-0.1, -0.05) is 6.07 Å². The third kappa shape index (κ3) is 5.55. The Kier molecular flexibility index (Phi) is 5.10. The zero-order chi connectivity index (χ0) is 17.2. The molecule has 3 N–H and O–H groups in total. The molecule has 4 fully saturated rings. The molecule has 1 aromatic carbocycles. The first-order valence-electron chi connectivity index (χ1n) is 8.82. The van der Waals surface area contributed by atoms with Crippen LogP contribution >= 0.6 is 0 Å². The molecule has 7 heteroatoms. The van der Waals surface area contributed by atoms with E-state index in [9.17, 15) is 5.11 Å². The van der Waals surface area contributed by atoms with E-state index >= 15 is 0 Å². The Morgan fingerprint density at radius 1 is 0.880 bits per heavy atom. The lowest BCUT2D eigenvalue weighted by Gasteiger charge is -2.11. The summed E-state index contributed by atoms with van der Waals surface area (Å²) in [5.41, 5.74) is 8.65. The van der Waals surface area contributed by atoms with Crippen LogP contribution in [-0.2, 0) is 36.5 Å². The highest BCUT2D eigenvalue weighted by molar-refractivity contribution is 5.60. The summed E-state index contributed by atoms with van der Waals surface area (Å²) in [6.45, 7) is 4.85. The van der Waals surface area contributed by atoms with Crippen molar-refractivity contribution in [3.05, 3.63) is 23.3 Å². The molecule has 4 unspecified atom stereocenters. The van der Waals surface area contributed by atoms with Crippen LogP contribution in [0.1, 0.15) is 11.1 Å². The highest BCUT2D eigenvalue weighted by Gasteiger charge is 2.28. The maximum absolute atomic E-state index is 9.78. The smallest absolute Gasteiger partial charge is 0.120 e. The van der Waals surface area contributed by atoms with Crippen LogP contribution in [0.3, 0.4) is 0 Å². The largest absolute Gasteiger partial charge is 0.508 e. The minimum Gasteiger partial charge on any atom is -0.508 e. The number of nitrogens with two attached hydrogens (primary N) is 1. The van der Waals surface area contributed by atoms with Crippen LogP contribution in [0.25, 0.3) is 0 Å². The molecule has 0 spiro atoms. The summed E-state index contributed by atoms with van der Waals surface area (Å²) in [5.74, 6) is 0.272. The maximum Gasteiger partial charge on any atom is 0.120 e. The summed E-state index contributed by atoms with van der Waals surface area (Å²) >= 11 is 0. The second-order valence-corrected chi connectivity index (χ2v) is 6.90. The minimum absolute atomic E-state index is 0.237. The van der Waals surface area contributed by atoms with Crippen LogP contribution in [-0.4, -0.2) is 69.2 Å². The van der Waals surface area contributed by atoms with Gasteiger partial charge in [-0.15, -0.1) is 0 Å². The van der Waals surface area contributed by atoms with E-state index in [1.54, 1.807) is 6.07 Å². The van der Waals surface area contributed by atoms with Crippen molar-refractivity contribution in [1.82, 2.24) is 0 Å². The number of nitrogen functional groups attached to an aromatic ring is 1. The Balaban J connectivity index is 0.000000147. The fraction of sp³-hybridized carbons (Fsp3) is 0.667. The first kappa shape index (κ1) is 17.1. The Morgan fingerprint density at radius 3 is 1.92 bits per heavy atom. The molecule has 0 aromatic heterocycles. The van der Waals surface area contributed by atoms with Crippen molar-refractivity contribution in [1.29, 1.82) is 0 Å². The molecule has 0 bridgehead atoms. The fourth-order valence-corrected chi connectivity index (χ4v) is 2.60. The van der Waals surface area contributed by atoms with Gasteiger partial charge in [0.05, 0.1) is 51.8 Å². The number of hydrogen-bond acceptors (Lipinski definition) is 7. The molecule has 4 atom stereocenters. The van der Waals surface area contributed by atoms with E-state index in [4.69, 9.17) is 29.4 Å². The number of phenols is 1. The van der Waals surface area contributed by atoms with Crippen molar-refractivity contribution >= 4 is 5.69 Å². The molecule has 5 rings (SSSR count). The van der Waals surface area contributed by atoms with E-state index in [0.29, 0.717) is 30.4 Å². The lowest BCUT2D eigenvalue weighted by atomic mass is 9.99. The molecule has 4 aliphatic rings. The number of hydrogen-bond donors (Lipinski definition) is 2. The molecular formula is C18H25NO6. The van der Waals surface area contributed by atoms with Gasteiger partial charge in [0.15, 0.2) is 0 Å². The summed E-state index contributed by atoms with van der Waals surface area (Å²) < 4.78 is 25.5. The number of benzene rings is 1. The molecule has 7 nitrogen and oxygen atoms in total. The van der Waals surface area contributed by atoms with Gasteiger partial charge in [0.2, 0.25) is 0 Å². The number of ether oxygens (including phenoxy) is 5. The predicted molar refractivity (Wildman–Crippen MR) is 89.7 cm³/mol. The molecule has 4 saturated heterocycles. The van der Waals surface area contributed by atoms with Crippen molar-refractivity contribution in [3.63, 3.8) is 0 Å². The van der Waals surface area contributed by atoms with Crippen molar-refractivity contribution < 1.29 is 28.8 Å². The van der Waals surface area contributed by atoms with Gasteiger partial charge in [0.1, 0.15) is 18.0 Å². The van der Waals surface area contributed by atoms with Crippen molar-refractivity contribution in [2.24, 2.45) is 0 Å². The van der Waals surface area contributed by atoms with Gasteiger partial charge in [-0.25, -0.2) is 0 Å². The molecule has 4 heterocycles. The zero-order valence-corrected chi connectivity index (χ0v) is 14.2. The first-order chi connectivity index (χ1) is 12.2. The number of epoxide rings is 4. The molecular weight excluding hydrogens is 326 g/mol. The second-order valence-electron chi connectivity index (χ2n) is 6.90.